The highest BCUT2D eigenvalue weighted by molar-refractivity contribution is 5.96. The van der Waals surface area contributed by atoms with Gasteiger partial charge in [0.05, 0.1) is 17.3 Å². The first kappa shape index (κ1) is 11.7. The lowest BCUT2D eigenvalue weighted by molar-refractivity contribution is -0.120. The lowest BCUT2D eigenvalue weighted by Gasteiger charge is -2.19. The molecule has 1 amide bonds. The number of rotatable bonds is 2. The Bertz CT molecular complexity index is 482. The van der Waals surface area contributed by atoms with E-state index in [0.29, 0.717) is 11.3 Å². The summed E-state index contributed by atoms with van der Waals surface area (Å²) in [6, 6.07) is 10.7. The van der Waals surface area contributed by atoms with Crippen molar-refractivity contribution in [1.82, 2.24) is 0 Å². The summed E-state index contributed by atoms with van der Waals surface area (Å²) >= 11 is 0. The van der Waals surface area contributed by atoms with Crippen molar-refractivity contribution in [2.75, 3.05) is 11.9 Å². The largest absolute Gasteiger partial charge is 0.313 e. The molecule has 0 aliphatic heterocycles. The predicted molar refractivity (Wildman–Crippen MR) is 59.3 cm³/mol. The molecule has 0 bridgehead atoms. The van der Waals surface area contributed by atoms with Crippen molar-refractivity contribution >= 4 is 11.6 Å². The summed E-state index contributed by atoms with van der Waals surface area (Å²) in [5.41, 5.74) is 0.945. The Labute approximate surface area is 94.3 Å². The van der Waals surface area contributed by atoms with Crippen molar-refractivity contribution in [1.29, 1.82) is 10.5 Å². The summed E-state index contributed by atoms with van der Waals surface area (Å²) in [7, 11) is 1.56. The van der Waals surface area contributed by atoms with E-state index in [9.17, 15) is 4.79 Å². The minimum Gasteiger partial charge on any atom is -0.313 e. The number of hydrogen-bond donors (Lipinski definition) is 0. The molecule has 16 heavy (non-hydrogen) atoms. The van der Waals surface area contributed by atoms with E-state index >= 15 is 0 Å². The number of hydrogen-bond acceptors (Lipinski definition) is 3. The molecule has 0 radical (unpaired) electrons. The Morgan fingerprint density at radius 3 is 2.56 bits per heavy atom. The van der Waals surface area contributed by atoms with Gasteiger partial charge in [-0.15, -0.1) is 0 Å². The molecule has 1 atom stereocenters. The predicted octanol–water partition coefficient (Wildman–Crippen LogP) is 1.68. The van der Waals surface area contributed by atoms with Crippen LogP contribution in [0.25, 0.3) is 0 Å². The van der Waals surface area contributed by atoms with Gasteiger partial charge in [-0.1, -0.05) is 12.1 Å². The van der Waals surface area contributed by atoms with E-state index in [-0.39, 0.29) is 5.91 Å². The van der Waals surface area contributed by atoms with Gasteiger partial charge in [-0.25, -0.2) is 0 Å². The Kier molecular flexibility index (Phi) is 3.63. The number of anilines is 1. The third-order valence-electron chi connectivity index (χ3n) is 2.28. The topological polar surface area (TPSA) is 67.9 Å². The van der Waals surface area contributed by atoms with Gasteiger partial charge in [0.1, 0.15) is 12.0 Å². The van der Waals surface area contributed by atoms with E-state index in [1.807, 2.05) is 12.1 Å². The molecule has 0 spiro atoms. The van der Waals surface area contributed by atoms with E-state index in [2.05, 4.69) is 0 Å². The number of carbonyl (C=O) groups is 1. The molecule has 0 heterocycles. The first-order valence-electron chi connectivity index (χ1n) is 4.78. The molecule has 4 nitrogen and oxygen atoms in total. The van der Waals surface area contributed by atoms with Crippen LogP contribution in [0.2, 0.25) is 0 Å². The fraction of sp³-hybridized carbons (Fsp3) is 0.250. The van der Waals surface area contributed by atoms with E-state index in [0.717, 1.165) is 0 Å². The van der Waals surface area contributed by atoms with Crippen LogP contribution in [-0.2, 0) is 4.79 Å². The Morgan fingerprint density at radius 1 is 1.38 bits per heavy atom. The van der Waals surface area contributed by atoms with Crippen molar-refractivity contribution in [3.05, 3.63) is 29.8 Å². The normalized spacial score (nSPS) is 11.0. The molecule has 80 valence electrons. The molecule has 1 rings (SSSR count). The Balaban J connectivity index is 3.07. The van der Waals surface area contributed by atoms with Crippen LogP contribution in [0.5, 0.6) is 0 Å². The average Bonchev–Trinajstić information content (AvgIpc) is 2.35. The fourth-order valence-corrected chi connectivity index (χ4v) is 1.33. The standard InChI is InChI=1S/C12H11N3O/c1-9(7-13)12(16)15(2)11-6-4-3-5-10(11)8-14/h3-6,9H,1-2H3. The number of benzene rings is 1. The summed E-state index contributed by atoms with van der Waals surface area (Å²) in [6.07, 6.45) is 0. The van der Waals surface area contributed by atoms with Gasteiger partial charge in [-0.2, -0.15) is 10.5 Å². The van der Waals surface area contributed by atoms with Crippen LogP contribution < -0.4 is 4.90 Å². The number of nitriles is 2. The monoisotopic (exact) mass is 213 g/mol. The second-order valence-corrected chi connectivity index (χ2v) is 3.38. The molecule has 0 aromatic heterocycles. The van der Waals surface area contributed by atoms with Crippen LogP contribution in [0, 0.1) is 28.6 Å². The Hall–Kier alpha value is -2.33. The highest BCUT2D eigenvalue weighted by atomic mass is 16.2. The molecule has 0 aliphatic carbocycles. The van der Waals surface area contributed by atoms with Gasteiger partial charge in [-0.05, 0) is 19.1 Å². The van der Waals surface area contributed by atoms with E-state index < -0.39 is 5.92 Å². The number of para-hydroxylation sites is 1. The van der Waals surface area contributed by atoms with Crippen molar-refractivity contribution in [3.63, 3.8) is 0 Å². The molecule has 4 heteroatoms. The molecule has 0 saturated heterocycles. The van der Waals surface area contributed by atoms with E-state index in [1.54, 1.807) is 31.3 Å². The summed E-state index contributed by atoms with van der Waals surface area (Å²) < 4.78 is 0. The van der Waals surface area contributed by atoms with Gasteiger partial charge in [-0.3, -0.25) is 4.79 Å². The quantitative estimate of drug-likeness (QED) is 0.750. The molecule has 1 aromatic rings. The number of amides is 1. The summed E-state index contributed by atoms with van der Waals surface area (Å²) in [5, 5.41) is 17.6. The third-order valence-corrected chi connectivity index (χ3v) is 2.28. The van der Waals surface area contributed by atoms with E-state index in [1.165, 1.54) is 11.8 Å². The summed E-state index contributed by atoms with van der Waals surface area (Å²) in [6.45, 7) is 1.54. The lowest BCUT2D eigenvalue weighted by Crippen LogP contribution is -2.31. The molecular formula is C12H11N3O. The first-order chi connectivity index (χ1) is 7.61. The van der Waals surface area contributed by atoms with Gasteiger partial charge in [0, 0.05) is 7.05 Å². The highest BCUT2D eigenvalue weighted by Crippen LogP contribution is 2.19. The average molecular weight is 213 g/mol. The van der Waals surface area contributed by atoms with Crippen LogP contribution in [0.1, 0.15) is 12.5 Å². The van der Waals surface area contributed by atoms with Crippen molar-refractivity contribution < 1.29 is 4.79 Å². The third kappa shape index (κ3) is 2.18. The molecule has 0 aliphatic rings. The molecule has 0 N–H and O–H groups in total. The second-order valence-electron chi connectivity index (χ2n) is 3.38. The lowest BCUT2D eigenvalue weighted by atomic mass is 10.1. The van der Waals surface area contributed by atoms with Gasteiger partial charge in [0.15, 0.2) is 0 Å². The van der Waals surface area contributed by atoms with Gasteiger partial charge in [0.2, 0.25) is 5.91 Å². The fourth-order valence-electron chi connectivity index (χ4n) is 1.33. The van der Waals surface area contributed by atoms with Crippen molar-refractivity contribution in [3.8, 4) is 12.1 Å². The minimum atomic E-state index is -0.711. The van der Waals surface area contributed by atoms with Gasteiger partial charge >= 0.3 is 0 Å². The maximum absolute atomic E-state index is 11.7. The molecular weight excluding hydrogens is 202 g/mol. The molecule has 1 unspecified atom stereocenters. The van der Waals surface area contributed by atoms with Crippen molar-refractivity contribution in [2.45, 2.75) is 6.92 Å². The number of carbonyl (C=O) groups excluding carboxylic acids is 1. The zero-order chi connectivity index (χ0) is 12.1. The van der Waals surface area contributed by atoms with Crippen molar-refractivity contribution in [2.24, 2.45) is 5.92 Å². The summed E-state index contributed by atoms with van der Waals surface area (Å²) in [4.78, 5) is 13.1. The molecule has 0 saturated carbocycles. The number of nitrogens with zero attached hydrogens (tertiary/aromatic N) is 3. The first-order valence-corrected chi connectivity index (χ1v) is 4.78. The molecule has 1 aromatic carbocycles. The maximum Gasteiger partial charge on any atom is 0.243 e. The summed E-state index contributed by atoms with van der Waals surface area (Å²) in [5.74, 6) is -1.03. The zero-order valence-corrected chi connectivity index (χ0v) is 9.14. The Morgan fingerprint density at radius 2 is 2.00 bits per heavy atom. The van der Waals surface area contributed by atoms with Crippen LogP contribution in [0.4, 0.5) is 5.69 Å². The van der Waals surface area contributed by atoms with Crippen LogP contribution >= 0.6 is 0 Å². The SMILES string of the molecule is CC(C#N)C(=O)N(C)c1ccccc1C#N. The highest BCUT2D eigenvalue weighted by Gasteiger charge is 2.19. The van der Waals surface area contributed by atoms with Crippen LogP contribution in [-0.4, -0.2) is 13.0 Å². The minimum absolute atomic E-state index is 0.315. The molecule has 0 fully saturated rings. The maximum atomic E-state index is 11.7. The smallest absolute Gasteiger partial charge is 0.243 e. The zero-order valence-electron chi connectivity index (χ0n) is 9.14. The van der Waals surface area contributed by atoms with Gasteiger partial charge in [0.25, 0.3) is 0 Å². The second kappa shape index (κ2) is 4.95. The van der Waals surface area contributed by atoms with E-state index in [4.69, 9.17) is 10.5 Å². The van der Waals surface area contributed by atoms with Crippen LogP contribution in [0.3, 0.4) is 0 Å². The van der Waals surface area contributed by atoms with Gasteiger partial charge < -0.3 is 4.90 Å². The van der Waals surface area contributed by atoms with Crippen LogP contribution in [0.15, 0.2) is 24.3 Å².